The van der Waals surface area contributed by atoms with Crippen LogP contribution in [-0.4, -0.2) is 43.6 Å². The molecule has 5 heteroatoms. The number of benzene rings is 1. The van der Waals surface area contributed by atoms with E-state index >= 15 is 0 Å². The van der Waals surface area contributed by atoms with Crippen molar-refractivity contribution in [2.75, 3.05) is 20.3 Å². The van der Waals surface area contributed by atoms with E-state index in [1.54, 1.807) is 12.0 Å². The van der Waals surface area contributed by atoms with Crippen molar-refractivity contribution in [2.24, 2.45) is 0 Å². The molecule has 0 aromatic heterocycles. The number of hydrogen-bond donors (Lipinski definition) is 2. The molecule has 4 nitrogen and oxygen atoms in total. The highest BCUT2D eigenvalue weighted by atomic mass is 35.5. The van der Waals surface area contributed by atoms with Crippen molar-refractivity contribution in [1.82, 2.24) is 0 Å². The number of hydrogen-bond acceptors (Lipinski definition) is 3. The lowest BCUT2D eigenvalue weighted by atomic mass is 9.88. The first-order valence-corrected chi connectivity index (χ1v) is 10.6. The van der Waals surface area contributed by atoms with Gasteiger partial charge in [0, 0.05) is 0 Å². The maximum Gasteiger partial charge on any atom is 0.137 e. The second-order valence-electron chi connectivity index (χ2n) is 8.09. The maximum atomic E-state index is 10.7. The first-order chi connectivity index (χ1) is 12.8. The summed E-state index contributed by atoms with van der Waals surface area (Å²) in [5.74, 6) is 1.62. The van der Waals surface area contributed by atoms with Gasteiger partial charge in [0.05, 0.1) is 19.2 Å². The van der Waals surface area contributed by atoms with E-state index < -0.39 is 6.10 Å². The van der Waals surface area contributed by atoms with E-state index in [0.717, 1.165) is 30.1 Å². The van der Waals surface area contributed by atoms with Gasteiger partial charge in [-0.15, -0.1) is 0 Å². The molecule has 1 unspecified atom stereocenters. The van der Waals surface area contributed by atoms with Gasteiger partial charge < -0.3 is 31.9 Å². The average Bonchev–Trinajstić information content (AvgIpc) is 2.72. The van der Waals surface area contributed by atoms with Crippen molar-refractivity contribution < 1.29 is 31.9 Å². The molecule has 154 valence electrons. The van der Waals surface area contributed by atoms with E-state index in [2.05, 4.69) is 0 Å². The summed E-state index contributed by atoms with van der Waals surface area (Å²) in [5, 5.41) is 10.7. The second kappa shape index (κ2) is 11.8. The Morgan fingerprint density at radius 1 is 0.889 bits per heavy atom. The van der Waals surface area contributed by atoms with Crippen molar-refractivity contribution in [3.8, 4) is 11.5 Å². The molecule has 2 fully saturated rings. The number of nitrogens with one attached hydrogen (secondary N) is 1. The highest BCUT2D eigenvalue weighted by Gasteiger charge is 2.33. The summed E-state index contributed by atoms with van der Waals surface area (Å²) in [6.45, 7) is 1.20. The van der Waals surface area contributed by atoms with Crippen LogP contribution >= 0.6 is 0 Å². The smallest absolute Gasteiger partial charge is 0.137 e. The molecule has 0 spiro atoms. The Balaban J connectivity index is 0.00000261. The highest BCUT2D eigenvalue weighted by molar-refractivity contribution is 5.31. The molecule has 0 amide bonds. The molecule has 0 saturated heterocycles. The lowest BCUT2D eigenvalue weighted by Gasteiger charge is -2.39. The lowest BCUT2D eigenvalue weighted by molar-refractivity contribution is -0.955. The third-order valence-corrected chi connectivity index (χ3v) is 6.23. The molecule has 0 radical (unpaired) electrons. The molecule has 2 aliphatic rings. The number of aliphatic hydroxyl groups is 1. The van der Waals surface area contributed by atoms with Crippen LogP contribution in [0.15, 0.2) is 24.3 Å². The van der Waals surface area contributed by atoms with Crippen molar-refractivity contribution in [3.63, 3.8) is 0 Å². The average molecular weight is 398 g/mol. The Labute approximate surface area is 170 Å². The predicted molar refractivity (Wildman–Crippen MR) is 104 cm³/mol. The fourth-order valence-electron chi connectivity index (χ4n) is 4.81. The van der Waals surface area contributed by atoms with Crippen molar-refractivity contribution >= 4 is 0 Å². The minimum atomic E-state index is -0.407. The summed E-state index contributed by atoms with van der Waals surface area (Å²) in [6.07, 6.45) is 13.1. The first-order valence-electron chi connectivity index (χ1n) is 10.6. The van der Waals surface area contributed by atoms with Gasteiger partial charge in [-0.05, 0) is 75.6 Å². The minimum absolute atomic E-state index is 0. The molecule has 1 aromatic rings. The fourth-order valence-corrected chi connectivity index (χ4v) is 4.81. The van der Waals surface area contributed by atoms with E-state index in [-0.39, 0.29) is 12.4 Å². The molecule has 1 aromatic carbocycles. The molecular formula is C22H36ClNO3. The van der Waals surface area contributed by atoms with E-state index in [1.807, 2.05) is 24.3 Å². The van der Waals surface area contributed by atoms with Gasteiger partial charge in [0.15, 0.2) is 0 Å². The third kappa shape index (κ3) is 6.85. The summed E-state index contributed by atoms with van der Waals surface area (Å²) in [4.78, 5) is 1.66. The van der Waals surface area contributed by atoms with E-state index in [0.29, 0.717) is 6.61 Å². The van der Waals surface area contributed by atoms with E-state index in [4.69, 9.17) is 9.47 Å². The van der Waals surface area contributed by atoms with Gasteiger partial charge in [-0.1, -0.05) is 12.8 Å². The summed E-state index contributed by atoms with van der Waals surface area (Å²) in [6, 6.07) is 9.06. The quantitative estimate of drug-likeness (QED) is 0.648. The topological polar surface area (TPSA) is 43.1 Å². The highest BCUT2D eigenvalue weighted by Crippen LogP contribution is 2.20. The number of methoxy groups -OCH3 is 1. The molecule has 2 aliphatic carbocycles. The summed E-state index contributed by atoms with van der Waals surface area (Å²) >= 11 is 0. The zero-order valence-corrected chi connectivity index (χ0v) is 17.4. The third-order valence-electron chi connectivity index (χ3n) is 6.23. The first kappa shape index (κ1) is 22.3. The number of aliphatic hydroxyl groups excluding tert-OH is 1. The van der Waals surface area contributed by atoms with Gasteiger partial charge in [-0.25, -0.2) is 0 Å². The number of quaternary nitrogens is 1. The van der Waals surface area contributed by atoms with Crippen molar-refractivity contribution in [2.45, 2.75) is 82.4 Å². The number of ether oxygens (including phenoxy) is 2. The van der Waals surface area contributed by atoms with Crippen LogP contribution < -0.4 is 26.8 Å². The number of halogens is 1. The maximum absolute atomic E-state index is 10.7. The molecule has 2 N–H and O–H groups in total. The molecule has 1 atom stereocenters. The Morgan fingerprint density at radius 3 is 1.85 bits per heavy atom. The Hall–Kier alpha value is -0.970. The lowest BCUT2D eigenvalue weighted by Crippen LogP contribution is -3.20. The molecular weight excluding hydrogens is 362 g/mol. The van der Waals surface area contributed by atoms with E-state index in [1.165, 1.54) is 64.2 Å². The molecule has 0 heterocycles. The Bertz CT molecular complexity index is 495. The fraction of sp³-hybridized carbons (Fsp3) is 0.727. The van der Waals surface area contributed by atoms with Crippen LogP contribution in [0.5, 0.6) is 11.5 Å². The van der Waals surface area contributed by atoms with Gasteiger partial charge in [0.2, 0.25) is 0 Å². The normalized spacial score (nSPS) is 20.1. The van der Waals surface area contributed by atoms with Gasteiger partial charge in [0.1, 0.15) is 30.8 Å². The zero-order chi connectivity index (χ0) is 18.2. The van der Waals surface area contributed by atoms with Crippen LogP contribution in [0, 0.1) is 0 Å². The second-order valence-corrected chi connectivity index (χ2v) is 8.09. The van der Waals surface area contributed by atoms with Gasteiger partial charge in [-0.2, -0.15) is 0 Å². The monoisotopic (exact) mass is 397 g/mol. The largest absolute Gasteiger partial charge is 1.00 e. The molecule has 0 bridgehead atoms. The van der Waals surface area contributed by atoms with Gasteiger partial charge in [-0.3, -0.25) is 0 Å². The molecule has 27 heavy (non-hydrogen) atoms. The van der Waals surface area contributed by atoms with Gasteiger partial charge in [0.25, 0.3) is 0 Å². The SMILES string of the molecule is COc1ccc(OCC(O)C[NH+](C2CCCCC2)C2CCCCC2)cc1.[Cl-]. The number of rotatable bonds is 8. The van der Waals surface area contributed by atoms with Crippen LogP contribution in [0.25, 0.3) is 0 Å². The van der Waals surface area contributed by atoms with Gasteiger partial charge >= 0.3 is 0 Å². The minimum Gasteiger partial charge on any atom is -1.00 e. The standard InChI is InChI=1S/C22H35NO3.ClH/c1-25-21-12-14-22(15-13-21)26-17-20(24)16-23(18-8-4-2-5-9-18)19-10-6-3-7-11-19;/h12-15,18-20,24H,2-11,16-17H2,1H3;1H. The Kier molecular flexibility index (Phi) is 9.74. The Morgan fingerprint density at radius 2 is 1.37 bits per heavy atom. The van der Waals surface area contributed by atoms with Crippen LogP contribution in [-0.2, 0) is 0 Å². The summed E-state index contributed by atoms with van der Waals surface area (Å²) < 4.78 is 11.0. The summed E-state index contributed by atoms with van der Waals surface area (Å²) in [7, 11) is 1.66. The van der Waals surface area contributed by atoms with Crippen LogP contribution in [0.4, 0.5) is 0 Å². The molecule has 0 aliphatic heterocycles. The zero-order valence-electron chi connectivity index (χ0n) is 16.7. The predicted octanol–water partition coefficient (Wildman–Crippen LogP) is -0.0108. The van der Waals surface area contributed by atoms with Crippen LogP contribution in [0.1, 0.15) is 64.2 Å². The molecule has 2 saturated carbocycles. The van der Waals surface area contributed by atoms with Crippen LogP contribution in [0.3, 0.4) is 0 Å². The summed E-state index contributed by atoms with van der Waals surface area (Å²) in [5.41, 5.74) is 0. The molecule has 3 rings (SSSR count). The van der Waals surface area contributed by atoms with Crippen LogP contribution in [0.2, 0.25) is 0 Å². The van der Waals surface area contributed by atoms with Crippen molar-refractivity contribution in [3.05, 3.63) is 24.3 Å². The van der Waals surface area contributed by atoms with E-state index in [9.17, 15) is 5.11 Å². The van der Waals surface area contributed by atoms with Crippen molar-refractivity contribution in [1.29, 1.82) is 0 Å².